The predicted molar refractivity (Wildman–Crippen MR) is 113 cm³/mol. The number of halogens is 6. The number of hydrogen-bond donors (Lipinski definition) is 4. The van der Waals surface area contributed by atoms with E-state index in [9.17, 15) is 36.6 Å². The highest BCUT2D eigenvalue weighted by atomic mass is 19.4. The van der Waals surface area contributed by atoms with E-state index in [0.29, 0.717) is 43.2 Å². The average Bonchev–Trinajstić information content (AvgIpc) is 2.69. The summed E-state index contributed by atoms with van der Waals surface area (Å²) in [4.78, 5) is 0. The molecule has 4 saturated carbocycles. The number of benzene rings is 2. The maximum absolute atomic E-state index is 13.6. The van der Waals surface area contributed by atoms with Crippen molar-refractivity contribution in [3.63, 3.8) is 0 Å². The Balaban J connectivity index is 1.65. The SMILES string of the molecule is Nc1cc(C23CC4CC(C2)CC(c2cc(N)c(O)c(C(F)(F)F)c2)(C4)C3)cc(C(F)(F)F)c1O. The molecule has 4 bridgehead atoms. The van der Waals surface area contributed by atoms with Crippen LogP contribution in [0.25, 0.3) is 0 Å². The molecule has 2 aromatic carbocycles. The monoisotopic (exact) mass is 486 g/mol. The van der Waals surface area contributed by atoms with E-state index in [4.69, 9.17) is 11.5 Å². The van der Waals surface area contributed by atoms with Gasteiger partial charge in [0.2, 0.25) is 0 Å². The first-order chi connectivity index (χ1) is 15.6. The third-order valence-corrected chi connectivity index (χ3v) is 8.18. The van der Waals surface area contributed by atoms with E-state index >= 15 is 0 Å². The molecule has 0 saturated heterocycles. The lowest BCUT2D eigenvalue weighted by Crippen LogP contribution is -2.56. The fourth-order valence-electron chi connectivity index (χ4n) is 7.30. The minimum atomic E-state index is -4.80. The van der Waals surface area contributed by atoms with E-state index < -0.39 is 45.8 Å². The van der Waals surface area contributed by atoms with Crippen LogP contribution >= 0.6 is 0 Å². The Labute approximate surface area is 191 Å². The van der Waals surface area contributed by atoms with Crippen LogP contribution in [0.5, 0.6) is 11.5 Å². The number of nitrogen functional groups attached to an aromatic ring is 2. The Morgan fingerprint density at radius 3 is 1.35 bits per heavy atom. The molecule has 4 aliphatic carbocycles. The van der Waals surface area contributed by atoms with E-state index in [1.807, 2.05) is 0 Å². The van der Waals surface area contributed by atoms with Gasteiger partial charge < -0.3 is 21.7 Å². The number of aromatic hydroxyl groups is 2. The summed E-state index contributed by atoms with van der Waals surface area (Å²) >= 11 is 0. The van der Waals surface area contributed by atoms with Gasteiger partial charge in [0.25, 0.3) is 0 Å². The largest absolute Gasteiger partial charge is 0.505 e. The van der Waals surface area contributed by atoms with Gasteiger partial charge in [0.1, 0.15) is 0 Å². The van der Waals surface area contributed by atoms with Crippen molar-refractivity contribution in [1.29, 1.82) is 0 Å². The summed E-state index contributed by atoms with van der Waals surface area (Å²) in [5.74, 6) is -1.79. The highest BCUT2D eigenvalue weighted by Crippen LogP contribution is 2.67. The first kappa shape index (κ1) is 23.0. The molecule has 0 radical (unpaired) electrons. The Kier molecular flexibility index (Phi) is 4.65. The molecule has 2 aromatic rings. The minimum absolute atomic E-state index is 0.120. The lowest BCUT2D eigenvalue weighted by Gasteiger charge is -2.63. The van der Waals surface area contributed by atoms with E-state index in [1.54, 1.807) is 0 Å². The van der Waals surface area contributed by atoms with Crippen LogP contribution in [0.4, 0.5) is 37.7 Å². The van der Waals surface area contributed by atoms with E-state index in [2.05, 4.69) is 0 Å². The molecular formula is C24H24F6N2O2. The van der Waals surface area contributed by atoms with Crippen LogP contribution in [0, 0.1) is 11.8 Å². The average molecular weight is 486 g/mol. The lowest BCUT2D eigenvalue weighted by molar-refractivity contribution is -0.139. The Morgan fingerprint density at radius 1 is 0.676 bits per heavy atom. The first-order valence-electron chi connectivity index (χ1n) is 11.0. The second-order valence-electron chi connectivity index (χ2n) is 10.4. The zero-order valence-corrected chi connectivity index (χ0v) is 18.0. The van der Waals surface area contributed by atoms with Crippen LogP contribution in [0.15, 0.2) is 24.3 Å². The number of rotatable bonds is 2. The molecule has 10 heteroatoms. The Hall–Kier alpha value is -2.78. The Bertz CT molecular complexity index is 1070. The van der Waals surface area contributed by atoms with Crippen LogP contribution in [-0.2, 0) is 23.2 Å². The highest BCUT2D eigenvalue weighted by Gasteiger charge is 2.59. The molecule has 0 aliphatic heterocycles. The molecule has 0 heterocycles. The van der Waals surface area contributed by atoms with Gasteiger partial charge in [0.05, 0.1) is 22.5 Å². The molecule has 4 nitrogen and oxygen atoms in total. The van der Waals surface area contributed by atoms with Crippen molar-refractivity contribution in [2.75, 3.05) is 11.5 Å². The van der Waals surface area contributed by atoms with E-state index in [1.165, 1.54) is 12.1 Å². The second kappa shape index (κ2) is 6.88. The maximum atomic E-state index is 13.6. The van der Waals surface area contributed by atoms with E-state index in [0.717, 1.165) is 18.6 Å². The summed E-state index contributed by atoms with van der Waals surface area (Å²) in [5.41, 5.74) is 7.66. The second-order valence-corrected chi connectivity index (χ2v) is 10.4. The highest BCUT2D eigenvalue weighted by molar-refractivity contribution is 5.62. The summed E-state index contributed by atoms with van der Waals surface area (Å²) < 4.78 is 81.6. The van der Waals surface area contributed by atoms with Gasteiger partial charge in [-0.2, -0.15) is 26.3 Å². The smallest absolute Gasteiger partial charge is 0.420 e. The van der Waals surface area contributed by atoms with Gasteiger partial charge in [-0.05, 0) is 96.6 Å². The quantitative estimate of drug-likeness (QED) is 0.235. The van der Waals surface area contributed by atoms with Crippen LogP contribution in [0.1, 0.15) is 60.8 Å². The summed E-state index contributed by atoms with van der Waals surface area (Å²) in [7, 11) is 0. The van der Waals surface area contributed by atoms with Gasteiger partial charge in [-0.15, -0.1) is 0 Å². The van der Waals surface area contributed by atoms with Gasteiger partial charge in [0.15, 0.2) is 11.5 Å². The number of alkyl halides is 6. The molecule has 0 spiro atoms. The topological polar surface area (TPSA) is 92.5 Å². The van der Waals surface area contributed by atoms with Crippen LogP contribution in [0.3, 0.4) is 0 Å². The summed E-state index contributed by atoms with van der Waals surface area (Å²) in [6, 6.07) is 4.63. The third-order valence-electron chi connectivity index (χ3n) is 8.18. The molecule has 0 atom stereocenters. The molecule has 4 aliphatic rings. The standard InChI is InChI=1S/C24H24F6N2O2/c25-23(26,27)15-2-13(4-17(31)19(15)33)21-6-11-1-12(7-21)9-22(8-11,10-21)14-3-16(24(28,29)30)20(34)18(32)5-14/h2-5,11-12,33-34H,1,6-10,31-32H2. The fourth-order valence-corrected chi connectivity index (χ4v) is 7.30. The predicted octanol–water partition coefficient (Wildman–Crippen LogP) is 6.09. The van der Waals surface area contributed by atoms with Gasteiger partial charge in [-0.3, -0.25) is 0 Å². The van der Waals surface area contributed by atoms with Crippen molar-refractivity contribution < 1.29 is 36.6 Å². The summed E-state index contributed by atoms with van der Waals surface area (Å²) in [6.45, 7) is 0. The fraction of sp³-hybridized carbons (Fsp3) is 0.500. The van der Waals surface area contributed by atoms with Crippen LogP contribution in [-0.4, -0.2) is 10.2 Å². The summed E-state index contributed by atoms with van der Waals surface area (Å²) in [6.07, 6.45) is -5.99. The van der Waals surface area contributed by atoms with Crippen molar-refractivity contribution in [1.82, 2.24) is 0 Å². The van der Waals surface area contributed by atoms with Crippen molar-refractivity contribution in [3.05, 3.63) is 46.5 Å². The molecule has 0 aromatic heterocycles. The maximum Gasteiger partial charge on any atom is 0.420 e. The molecule has 0 amide bonds. The lowest BCUT2D eigenvalue weighted by atomic mass is 9.41. The number of anilines is 2. The zero-order chi connectivity index (χ0) is 24.8. The minimum Gasteiger partial charge on any atom is -0.505 e. The normalized spacial score (nSPS) is 30.6. The molecular weight excluding hydrogens is 462 g/mol. The molecule has 4 fully saturated rings. The van der Waals surface area contributed by atoms with Gasteiger partial charge in [-0.25, -0.2) is 0 Å². The van der Waals surface area contributed by atoms with Crippen LogP contribution < -0.4 is 11.5 Å². The third kappa shape index (κ3) is 3.36. The number of phenolic OH excluding ortho intramolecular Hbond substituents is 2. The molecule has 6 rings (SSSR count). The van der Waals surface area contributed by atoms with Crippen molar-refractivity contribution in [3.8, 4) is 11.5 Å². The first-order valence-corrected chi connectivity index (χ1v) is 11.0. The molecule has 184 valence electrons. The van der Waals surface area contributed by atoms with E-state index in [-0.39, 0.29) is 23.2 Å². The van der Waals surface area contributed by atoms with Gasteiger partial charge in [0, 0.05) is 0 Å². The molecule has 34 heavy (non-hydrogen) atoms. The van der Waals surface area contributed by atoms with Crippen molar-refractivity contribution >= 4 is 11.4 Å². The number of nitrogens with two attached hydrogens (primary N) is 2. The van der Waals surface area contributed by atoms with Gasteiger partial charge in [-0.1, -0.05) is 0 Å². The number of hydrogen-bond acceptors (Lipinski definition) is 4. The van der Waals surface area contributed by atoms with Crippen LogP contribution in [0.2, 0.25) is 0 Å². The van der Waals surface area contributed by atoms with Crippen molar-refractivity contribution in [2.24, 2.45) is 11.8 Å². The van der Waals surface area contributed by atoms with Gasteiger partial charge >= 0.3 is 12.4 Å². The summed E-state index contributed by atoms with van der Waals surface area (Å²) in [5, 5.41) is 19.9. The number of phenols is 2. The molecule has 0 unspecified atom stereocenters. The van der Waals surface area contributed by atoms with Crippen molar-refractivity contribution in [2.45, 2.75) is 61.7 Å². The molecule has 6 N–H and O–H groups in total. The Morgan fingerprint density at radius 2 is 1.03 bits per heavy atom. The zero-order valence-electron chi connectivity index (χ0n) is 18.0.